The van der Waals surface area contributed by atoms with Crippen LogP contribution in [0.2, 0.25) is 0 Å². The number of amides is 1. The quantitative estimate of drug-likeness (QED) is 0.748. The van der Waals surface area contributed by atoms with Crippen LogP contribution in [0.5, 0.6) is 0 Å². The zero-order valence-corrected chi connectivity index (χ0v) is 13.8. The van der Waals surface area contributed by atoms with Crippen molar-refractivity contribution in [3.63, 3.8) is 0 Å². The minimum Gasteiger partial charge on any atom is -0.442 e. The second kappa shape index (κ2) is 7.83. The van der Waals surface area contributed by atoms with E-state index >= 15 is 0 Å². The Bertz CT molecular complexity index is 608. The highest BCUT2D eigenvalue weighted by molar-refractivity contribution is 14.1. The lowest BCUT2D eigenvalue weighted by Crippen LogP contribution is -2.18. The van der Waals surface area contributed by atoms with Gasteiger partial charge in [0.15, 0.2) is 0 Å². The molecule has 0 aromatic heterocycles. The fourth-order valence-electron chi connectivity index (χ4n) is 1.70. The molecule has 2 aromatic carbocycles. The van der Waals surface area contributed by atoms with Gasteiger partial charge < -0.3 is 4.74 Å². The predicted octanol–water partition coefficient (Wildman–Crippen LogP) is 4.94. The normalized spacial score (nSPS) is 12.1. The summed E-state index contributed by atoms with van der Waals surface area (Å²) in [5.41, 5.74) is 1.80. The van der Waals surface area contributed by atoms with E-state index in [1.54, 1.807) is 0 Å². The number of hydrogen-bond donors (Lipinski definition) is 1. The molecule has 2 rings (SSSR count). The smallest absolute Gasteiger partial charge is 0.412 e. The zero-order chi connectivity index (χ0) is 15.1. The number of carbonyl (C=O) groups excluding carboxylic acids is 1. The van der Waals surface area contributed by atoms with Crippen molar-refractivity contribution in [3.05, 3.63) is 69.8 Å². The van der Waals surface area contributed by atoms with Crippen LogP contribution in [0.4, 0.5) is 10.5 Å². The third-order valence-corrected chi connectivity index (χ3v) is 3.46. The maximum absolute atomic E-state index is 11.8. The number of carbonyl (C=O) groups is 1. The second-order valence-electron chi connectivity index (χ2n) is 4.51. The largest absolute Gasteiger partial charge is 0.442 e. The fourth-order valence-corrected chi connectivity index (χ4v) is 2.06. The van der Waals surface area contributed by atoms with Gasteiger partial charge in [0.05, 0.1) is 0 Å². The van der Waals surface area contributed by atoms with Crippen LogP contribution < -0.4 is 5.32 Å². The Kier molecular flexibility index (Phi) is 5.80. The molecule has 0 spiro atoms. The van der Waals surface area contributed by atoms with Crippen LogP contribution in [0.1, 0.15) is 12.5 Å². The van der Waals surface area contributed by atoms with E-state index in [1.165, 1.54) is 0 Å². The highest BCUT2D eigenvalue weighted by atomic mass is 127. The molecule has 21 heavy (non-hydrogen) atoms. The number of halogens is 1. The molecule has 0 saturated heterocycles. The summed E-state index contributed by atoms with van der Waals surface area (Å²) in [5.74, 6) is 0. The molecule has 3 nitrogen and oxygen atoms in total. The molecule has 1 N–H and O–H groups in total. The fraction of sp³-hybridized carbons (Fsp3) is 0.118. The van der Waals surface area contributed by atoms with E-state index in [0.29, 0.717) is 0 Å². The molecule has 4 heteroatoms. The van der Waals surface area contributed by atoms with E-state index in [0.717, 1.165) is 14.8 Å². The van der Waals surface area contributed by atoms with Crippen molar-refractivity contribution in [2.24, 2.45) is 0 Å². The topological polar surface area (TPSA) is 38.3 Å². The van der Waals surface area contributed by atoms with Gasteiger partial charge in [-0.05, 0) is 65.4 Å². The molecule has 0 fully saturated rings. The summed E-state index contributed by atoms with van der Waals surface area (Å²) in [7, 11) is 0. The molecule has 2 aromatic rings. The third-order valence-electron chi connectivity index (χ3n) is 2.74. The number of anilines is 1. The Hall–Kier alpha value is -1.82. The van der Waals surface area contributed by atoms with E-state index in [-0.39, 0.29) is 6.10 Å². The van der Waals surface area contributed by atoms with Gasteiger partial charge in [0, 0.05) is 9.26 Å². The third kappa shape index (κ3) is 5.59. The number of rotatable bonds is 4. The highest BCUT2D eigenvalue weighted by Gasteiger charge is 2.06. The van der Waals surface area contributed by atoms with Crippen molar-refractivity contribution in [1.82, 2.24) is 0 Å². The minimum absolute atomic E-state index is 0.297. The second-order valence-corrected chi connectivity index (χ2v) is 5.76. The Labute approximate surface area is 138 Å². The molecule has 1 amide bonds. The molecule has 0 aliphatic carbocycles. The standard InChI is InChI=1S/C17H16INO2/c1-13(7-8-14-5-3-2-4-6-14)21-17(20)19-16-11-9-15(18)10-12-16/h2-13H,1H3,(H,19,20)/b8-7+/t13-/m1/s1. The Morgan fingerprint density at radius 3 is 2.48 bits per heavy atom. The summed E-state index contributed by atoms with van der Waals surface area (Å²) in [6, 6.07) is 17.4. The van der Waals surface area contributed by atoms with Crippen molar-refractivity contribution < 1.29 is 9.53 Å². The first-order valence-electron chi connectivity index (χ1n) is 6.60. The van der Waals surface area contributed by atoms with E-state index in [4.69, 9.17) is 4.74 Å². The summed E-state index contributed by atoms with van der Waals surface area (Å²) in [6.07, 6.45) is 3.03. The van der Waals surface area contributed by atoms with Gasteiger partial charge in [-0.3, -0.25) is 5.32 Å². The van der Waals surface area contributed by atoms with E-state index in [2.05, 4.69) is 27.9 Å². The van der Waals surface area contributed by atoms with E-state index in [9.17, 15) is 4.79 Å². The minimum atomic E-state index is -0.457. The van der Waals surface area contributed by atoms with Crippen molar-refractivity contribution >= 4 is 40.4 Å². The molecule has 1 atom stereocenters. The van der Waals surface area contributed by atoms with Crippen LogP contribution in [-0.4, -0.2) is 12.2 Å². The van der Waals surface area contributed by atoms with Crippen LogP contribution in [0.25, 0.3) is 6.08 Å². The number of hydrogen-bond acceptors (Lipinski definition) is 2. The van der Waals surface area contributed by atoms with Crippen molar-refractivity contribution in [1.29, 1.82) is 0 Å². The molecular weight excluding hydrogens is 377 g/mol. The van der Waals surface area contributed by atoms with Crippen molar-refractivity contribution in [3.8, 4) is 0 Å². The Morgan fingerprint density at radius 1 is 1.14 bits per heavy atom. The van der Waals surface area contributed by atoms with Crippen LogP contribution >= 0.6 is 22.6 Å². The SMILES string of the molecule is C[C@H](/C=C/c1ccccc1)OC(=O)Nc1ccc(I)cc1. The summed E-state index contributed by atoms with van der Waals surface area (Å²) in [5, 5.41) is 2.70. The highest BCUT2D eigenvalue weighted by Crippen LogP contribution is 2.12. The van der Waals surface area contributed by atoms with Gasteiger partial charge >= 0.3 is 6.09 Å². The van der Waals surface area contributed by atoms with Gasteiger partial charge in [0.2, 0.25) is 0 Å². The van der Waals surface area contributed by atoms with Crippen molar-refractivity contribution in [2.75, 3.05) is 5.32 Å². The lowest BCUT2D eigenvalue weighted by atomic mass is 10.2. The van der Waals surface area contributed by atoms with Crippen molar-refractivity contribution in [2.45, 2.75) is 13.0 Å². The average Bonchev–Trinajstić information content (AvgIpc) is 2.48. The van der Waals surface area contributed by atoms with Crippen LogP contribution in [0.3, 0.4) is 0 Å². The number of nitrogens with one attached hydrogen (secondary N) is 1. The van der Waals surface area contributed by atoms with Gasteiger partial charge in [-0.1, -0.05) is 36.4 Å². The first-order chi connectivity index (χ1) is 10.1. The molecule has 0 bridgehead atoms. The van der Waals surface area contributed by atoms with Gasteiger partial charge in [-0.15, -0.1) is 0 Å². The molecule has 0 radical (unpaired) electrons. The van der Waals surface area contributed by atoms with Crippen LogP contribution in [0, 0.1) is 3.57 Å². The van der Waals surface area contributed by atoms with Gasteiger partial charge in [0.1, 0.15) is 6.10 Å². The molecular formula is C17H16INO2. The number of ether oxygens (including phenoxy) is 1. The van der Waals surface area contributed by atoms with E-state index in [1.807, 2.05) is 73.7 Å². The molecule has 108 valence electrons. The summed E-state index contributed by atoms with van der Waals surface area (Å²) >= 11 is 2.21. The first-order valence-corrected chi connectivity index (χ1v) is 7.68. The molecule has 0 aliphatic heterocycles. The Morgan fingerprint density at radius 2 is 1.81 bits per heavy atom. The summed E-state index contributed by atoms with van der Waals surface area (Å²) in [4.78, 5) is 11.8. The molecule has 0 heterocycles. The summed E-state index contributed by atoms with van der Waals surface area (Å²) < 4.78 is 6.38. The zero-order valence-electron chi connectivity index (χ0n) is 11.6. The van der Waals surface area contributed by atoms with Crippen LogP contribution in [0.15, 0.2) is 60.7 Å². The molecule has 0 saturated carbocycles. The lowest BCUT2D eigenvalue weighted by molar-refractivity contribution is 0.142. The Balaban J connectivity index is 1.84. The summed E-state index contributed by atoms with van der Waals surface area (Å²) in [6.45, 7) is 1.83. The predicted molar refractivity (Wildman–Crippen MR) is 94.2 cm³/mol. The molecule has 0 aliphatic rings. The average molecular weight is 393 g/mol. The van der Waals surface area contributed by atoms with Gasteiger partial charge in [-0.2, -0.15) is 0 Å². The maximum atomic E-state index is 11.8. The van der Waals surface area contributed by atoms with Crippen LogP contribution in [-0.2, 0) is 4.74 Å². The van der Waals surface area contributed by atoms with Gasteiger partial charge in [-0.25, -0.2) is 4.79 Å². The maximum Gasteiger partial charge on any atom is 0.412 e. The monoisotopic (exact) mass is 393 g/mol. The number of benzene rings is 2. The van der Waals surface area contributed by atoms with E-state index < -0.39 is 6.09 Å². The first kappa shape index (κ1) is 15.6. The molecule has 0 unspecified atom stereocenters. The van der Waals surface area contributed by atoms with Gasteiger partial charge in [0.25, 0.3) is 0 Å². The lowest BCUT2D eigenvalue weighted by Gasteiger charge is -2.10.